The first-order valence-corrected chi connectivity index (χ1v) is 7.05. The number of carbonyl (C=O) groups is 1. The summed E-state index contributed by atoms with van der Waals surface area (Å²) < 4.78 is 1.48. The van der Waals surface area contributed by atoms with Crippen LogP contribution >= 0.6 is 11.3 Å². The fourth-order valence-electron chi connectivity index (χ4n) is 1.80. The Bertz CT molecular complexity index is 708. The highest BCUT2D eigenvalue weighted by Crippen LogP contribution is 2.06. The van der Waals surface area contributed by atoms with Crippen molar-refractivity contribution in [1.82, 2.24) is 30.3 Å². The van der Waals surface area contributed by atoms with Crippen molar-refractivity contribution < 1.29 is 4.79 Å². The zero-order chi connectivity index (χ0) is 13.8. The molecule has 0 fully saturated rings. The molecule has 0 radical (unpaired) electrons. The van der Waals surface area contributed by atoms with Gasteiger partial charge in [0, 0.05) is 30.7 Å². The summed E-state index contributed by atoms with van der Waals surface area (Å²) in [4.78, 5) is 16.2. The van der Waals surface area contributed by atoms with E-state index in [4.69, 9.17) is 0 Å². The molecule has 0 spiro atoms. The van der Waals surface area contributed by atoms with Crippen LogP contribution in [0.1, 0.15) is 21.8 Å². The molecule has 0 aliphatic heterocycles. The summed E-state index contributed by atoms with van der Waals surface area (Å²) in [6.07, 6.45) is 5.15. The van der Waals surface area contributed by atoms with Gasteiger partial charge in [-0.15, -0.1) is 16.4 Å². The molecule has 102 valence electrons. The number of pyridine rings is 1. The largest absolute Gasteiger partial charge is 0.352 e. The van der Waals surface area contributed by atoms with Crippen LogP contribution < -0.4 is 5.32 Å². The van der Waals surface area contributed by atoms with Gasteiger partial charge in [0.05, 0.1) is 10.6 Å². The second-order valence-electron chi connectivity index (χ2n) is 4.18. The minimum Gasteiger partial charge on any atom is -0.352 e. The Morgan fingerprint density at radius 2 is 2.35 bits per heavy atom. The van der Waals surface area contributed by atoms with E-state index >= 15 is 0 Å². The average molecular weight is 288 g/mol. The summed E-state index contributed by atoms with van der Waals surface area (Å²) in [5.41, 5.74) is 1.16. The summed E-state index contributed by atoms with van der Waals surface area (Å²) in [7, 11) is 0. The van der Waals surface area contributed by atoms with Crippen molar-refractivity contribution in [3.63, 3.8) is 0 Å². The molecule has 0 saturated carbocycles. The molecule has 0 saturated heterocycles. The number of carbonyl (C=O) groups excluding carboxylic acids is 1. The number of tetrazole rings is 1. The van der Waals surface area contributed by atoms with Crippen LogP contribution in [-0.4, -0.2) is 37.5 Å². The van der Waals surface area contributed by atoms with Crippen LogP contribution in [0, 0.1) is 0 Å². The summed E-state index contributed by atoms with van der Waals surface area (Å²) in [6.45, 7) is 0.617. The smallest absolute Gasteiger partial charge is 0.252 e. The molecule has 0 atom stereocenters. The zero-order valence-electron chi connectivity index (χ0n) is 10.6. The third kappa shape index (κ3) is 2.80. The van der Waals surface area contributed by atoms with Gasteiger partial charge < -0.3 is 5.32 Å². The van der Waals surface area contributed by atoms with Crippen LogP contribution in [0.2, 0.25) is 0 Å². The number of aromatic nitrogens is 5. The molecular formula is C12H12N6OS. The molecule has 3 rings (SSSR count). The summed E-state index contributed by atoms with van der Waals surface area (Å²) in [5, 5.41) is 17.0. The first kappa shape index (κ1) is 12.7. The highest BCUT2D eigenvalue weighted by atomic mass is 32.1. The highest BCUT2D eigenvalue weighted by Gasteiger charge is 2.07. The zero-order valence-corrected chi connectivity index (χ0v) is 11.4. The SMILES string of the molecule is O=C(NCCCc1nccs1)c1ccc2nnnn2c1. The Morgan fingerprint density at radius 3 is 3.20 bits per heavy atom. The van der Waals surface area contributed by atoms with E-state index in [1.807, 2.05) is 5.38 Å². The lowest BCUT2D eigenvalue weighted by atomic mass is 10.2. The van der Waals surface area contributed by atoms with Gasteiger partial charge in [-0.3, -0.25) is 4.79 Å². The third-order valence-electron chi connectivity index (χ3n) is 2.79. The second kappa shape index (κ2) is 5.74. The maximum atomic E-state index is 12.0. The van der Waals surface area contributed by atoms with Gasteiger partial charge in [-0.1, -0.05) is 0 Å². The number of thiazole rings is 1. The number of aryl methyl sites for hydroxylation is 1. The standard InChI is InChI=1S/C12H12N6OS/c19-12(14-5-1-2-11-13-6-7-20-11)9-3-4-10-15-16-17-18(10)8-9/h3-4,6-8H,1-2,5H2,(H,14,19). The quantitative estimate of drug-likeness (QED) is 0.706. The van der Waals surface area contributed by atoms with Crippen LogP contribution in [0.5, 0.6) is 0 Å². The van der Waals surface area contributed by atoms with Crippen molar-refractivity contribution >= 4 is 22.9 Å². The lowest BCUT2D eigenvalue weighted by molar-refractivity contribution is 0.0952. The summed E-state index contributed by atoms with van der Waals surface area (Å²) in [6, 6.07) is 3.42. The molecule has 0 bridgehead atoms. The van der Waals surface area contributed by atoms with Crippen LogP contribution in [0.25, 0.3) is 5.65 Å². The number of hydrogen-bond acceptors (Lipinski definition) is 6. The van der Waals surface area contributed by atoms with Gasteiger partial charge in [-0.2, -0.15) is 4.52 Å². The molecule has 0 aliphatic rings. The Balaban J connectivity index is 1.53. The average Bonchev–Trinajstić information content (AvgIpc) is 3.13. The van der Waals surface area contributed by atoms with E-state index in [0.717, 1.165) is 17.8 Å². The fraction of sp³-hybridized carbons (Fsp3) is 0.250. The topological polar surface area (TPSA) is 85.1 Å². The minimum atomic E-state index is -0.124. The van der Waals surface area contributed by atoms with Crippen LogP contribution in [-0.2, 0) is 6.42 Å². The van der Waals surface area contributed by atoms with E-state index in [9.17, 15) is 4.79 Å². The highest BCUT2D eigenvalue weighted by molar-refractivity contribution is 7.09. The number of fused-ring (bicyclic) bond motifs is 1. The van der Waals surface area contributed by atoms with Crippen molar-refractivity contribution in [2.24, 2.45) is 0 Å². The molecular weight excluding hydrogens is 276 g/mol. The van der Waals surface area contributed by atoms with E-state index in [-0.39, 0.29) is 5.91 Å². The van der Waals surface area contributed by atoms with Gasteiger partial charge in [0.25, 0.3) is 5.91 Å². The van der Waals surface area contributed by atoms with Gasteiger partial charge in [0.1, 0.15) is 0 Å². The molecule has 0 unspecified atom stereocenters. The molecule has 1 amide bonds. The van der Waals surface area contributed by atoms with Crippen molar-refractivity contribution in [2.45, 2.75) is 12.8 Å². The van der Waals surface area contributed by atoms with Crippen molar-refractivity contribution in [1.29, 1.82) is 0 Å². The third-order valence-corrected chi connectivity index (χ3v) is 3.63. The number of rotatable bonds is 5. The number of nitrogens with one attached hydrogen (secondary N) is 1. The normalized spacial score (nSPS) is 10.8. The predicted octanol–water partition coefficient (Wildman–Crippen LogP) is 0.943. The Labute approximate surface area is 118 Å². The van der Waals surface area contributed by atoms with E-state index in [1.165, 1.54) is 4.52 Å². The molecule has 3 aromatic rings. The van der Waals surface area contributed by atoms with Gasteiger partial charge >= 0.3 is 0 Å². The molecule has 0 aromatic carbocycles. The molecule has 7 nitrogen and oxygen atoms in total. The number of amides is 1. The van der Waals surface area contributed by atoms with Gasteiger partial charge in [0.15, 0.2) is 5.65 Å². The molecule has 20 heavy (non-hydrogen) atoms. The maximum absolute atomic E-state index is 12.0. The van der Waals surface area contributed by atoms with E-state index in [1.54, 1.807) is 35.9 Å². The molecule has 3 heterocycles. The first-order chi connectivity index (χ1) is 9.83. The summed E-state index contributed by atoms with van der Waals surface area (Å²) >= 11 is 1.63. The number of nitrogens with zero attached hydrogens (tertiary/aromatic N) is 5. The van der Waals surface area contributed by atoms with Gasteiger partial charge in [-0.25, -0.2) is 4.98 Å². The lowest BCUT2D eigenvalue weighted by Gasteiger charge is -2.04. The van der Waals surface area contributed by atoms with E-state index < -0.39 is 0 Å². The van der Waals surface area contributed by atoms with E-state index in [0.29, 0.717) is 17.8 Å². The van der Waals surface area contributed by atoms with Crippen LogP contribution in [0.3, 0.4) is 0 Å². The Kier molecular flexibility index (Phi) is 3.64. The fourth-order valence-corrected chi connectivity index (χ4v) is 2.46. The monoisotopic (exact) mass is 288 g/mol. The Morgan fingerprint density at radius 1 is 1.40 bits per heavy atom. The second-order valence-corrected chi connectivity index (χ2v) is 5.16. The maximum Gasteiger partial charge on any atom is 0.252 e. The van der Waals surface area contributed by atoms with Crippen LogP contribution in [0.4, 0.5) is 0 Å². The molecule has 0 aliphatic carbocycles. The van der Waals surface area contributed by atoms with E-state index in [2.05, 4.69) is 25.8 Å². The van der Waals surface area contributed by atoms with Gasteiger partial charge in [-0.05, 0) is 29.0 Å². The van der Waals surface area contributed by atoms with Crippen molar-refractivity contribution in [2.75, 3.05) is 6.54 Å². The van der Waals surface area contributed by atoms with Crippen molar-refractivity contribution in [3.8, 4) is 0 Å². The lowest BCUT2D eigenvalue weighted by Crippen LogP contribution is -2.25. The Hall–Kier alpha value is -2.35. The van der Waals surface area contributed by atoms with Crippen molar-refractivity contribution in [3.05, 3.63) is 40.5 Å². The van der Waals surface area contributed by atoms with Gasteiger partial charge in [0.2, 0.25) is 0 Å². The minimum absolute atomic E-state index is 0.124. The summed E-state index contributed by atoms with van der Waals surface area (Å²) in [5.74, 6) is -0.124. The predicted molar refractivity (Wildman–Crippen MR) is 73.6 cm³/mol. The van der Waals surface area contributed by atoms with Crippen LogP contribution in [0.15, 0.2) is 29.9 Å². The molecule has 8 heteroatoms. The number of hydrogen-bond donors (Lipinski definition) is 1. The molecule has 3 aromatic heterocycles. The first-order valence-electron chi connectivity index (χ1n) is 6.17. The molecule has 1 N–H and O–H groups in total.